The van der Waals surface area contributed by atoms with Gasteiger partial charge in [0.15, 0.2) is 0 Å². The minimum atomic E-state index is -0.687. The van der Waals surface area contributed by atoms with Crippen LogP contribution in [0.25, 0.3) is 0 Å². The molecule has 1 unspecified atom stereocenters. The molecule has 1 aromatic carbocycles. The molecular weight excluding hydrogens is 364 g/mol. The van der Waals surface area contributed by atoms with Gasteiger partial charge in [0.2, 0.25) is 0 Å². The normalized spacial score (nSPS) is 12.7. The van der Waals surface area contributed by atoms with Crippen LogP contribution < -0.4 is 5.73 Å². The number of nitrogens with zero attached hydrogens (tertiary/aromatic N) is 2. The molecule has 114 valence electrons. The molecular formula is C14H15BrClF2N3. The lowest BCUT2D eigenvalue weighted by atomic mass is 10.0. The van der Waals surface area contributed by atoms with E-state index in [0.717, 1.165) is 34.4 Å². The summed E-state index contributed by atoms with van der Waals surface area (Å²) in [5.74, 6) is -1.29. The summed E-state index contributed by atoms with van der Waals surface area (Å²) in [5, 5.41) is 4.10. The molecule has 0 fully saturated rings. The molecule has 0 spiro atoms. The van der Waals surface area contributed by atoms with Gasteiger partial charge in [-0.15, -0.1) is 0 Å². The third-order valence-corrected chi connectivity index (χ3v) is 4.56. The monoisotopic (exact) mass is 377 g/mol. The first-order chi connectivity index (χ1) is 9.85. The van der Waals surface area contributed by atoms with Crippen molar-refractivity contribution in [2.75, 3.05) is 0 Å². The molecule has 2 aromatic rings. The van der Waals surface area contributed by atoms with Crippen molar-refractivity contribution in [1.29, 1.82) is 0 Å². The smallest absolute Gasteiger partial charge is 0.142 e. The minimum absolute atomic E-state index is 0.100. The number of hydrogen-bond donors (Lipinski definition) is 1. The second kappa shape index (κ2) is 6.42. The highest BCUT2D eigenvalue weighted by atomic mass is 79.9. The van der Waals surface area contributed by atoms with Crippen molar-refractivity contribution in [3.8, 4) is 0 Å². The fourth-order valence-electron chi connectivity index (χ4n) is 2.18. The van der Waals surface area contributed by atoms with E-state index in [1.807, 2.05) is 6.92 Å². The Morgan fingerprint density at radius 3 is 2.62 bits per heavy atom. The van der Waals surface area contributed by atoms with Crippen molar-refractivity contribution in [2.24, 2.45) is 12.8 Å². The zero-order valence-corrected chi connectivity index (χ0v) is 14.0. The van der Waals surface area contributed by atoms with E-state index in [-0.39, 0.29) is 10.6 Å². The molecule has 0 bridgehead atoms. The zero-order valence-electron chi connectivity index (χ0n) is 11.6. The highest BCUT2D eigenvalue weighted by molar-refractivity contribution is 9.10. The van der Waals surface area contributed by atoms with Crippen LogP contribution in [0.1, 0.15) is 29.9 Å². The molecule has 2 N–H and O–H groups in total. The maximum absolute atomic E-state index is 13.9. The van der Waals surface area contributed by atoms with E-state index in [9.17, 15) is 8.78 Å². The Hall–Kier alpha value is -0.980. The van der Waals surface area contributed by atoms with E-state index in [1.54, 1.807) is 11.7 Å². The van der Waals surface area contributed by atoms with Crippen LogP contribution in [-0.2, 0) is 19.9 Å². The van der Waals surface area contributed by atoms with Gasteiger partial charge in [0.1, 0.15) is 11.6 Å². The van der Waals surface area contributed by atoms with Gasteiger partial charge in [-0.3, -0.25) is 4.68 Å². The Balaban J connectivity index is 2.32. The molecule has 1 aromatic heterocycles. The quantitative estimate of drug-likeness (QED) is 0.820. The Kier molecular flexibility index (Phi) is 5.01. The highest BCUT2D eigenvalue weighted by Crippen LogP contribution is 2.28. The number of halogens is 4. The third kappa shape index (κ3) is 3.27. The van der Waals surface area contributed by atoms with Crippen molar-refractivity contribution in [2.45, 2.75) is 25.8 Å². The van der Waals surface area contributed by atoms with Gasteiger partial charge in [-0.25, -0.2) is 8.78 Å². The van der Waals surface area contributed by atoms with E-state index in [2.05, 4.69) is 21.0 Å². The third-order valence-electron chi connectivity index (χ3n) is 3.36. The van der Waals surface area contributed by atoms with Crippen molar-refractivity contribution in [3.63, 3.8) is 0 Å². The van der Waals surface area contributed by atoms with Crippen LogP contribution in [0.2, 0.25) is 5.02 Å². The van der Waals surface area contributed by atoms with Crippen LogP contribution in [0.15, 0.2) is 16.6 Å². The number of aromatic nitrogens is 2. The maximum Gasteiger partial charge on any atom is 0.142 e. The van der Waals surface area contributed by atoms with Gasteiger partial charge >= 0.3 is 0 Å². The van der Waals surface area contributed by atoms with E-state index in [1.165, 1.54) is 0 Å². The van der Waals surface area contributed by atoms with E-state index in [4.69, 9.17) is 17.3 Å². The number of aryl methyl sites for hydroxylation is 2. The minimum Gasteiger partial charge on any atom is -0.324 e. The van der Waals surface area contributed by atoms with Crippen molar-refractivity contribution < 1.29 is 8.78 Å². The van der Waals surface area contributed by atoms with Crippen molar-refractivity contribution in [3.05, 3.63) is 50.2 Å². The Morgan fingerprint density at radius 2 is 2.05 bits per heavy atom. The summed E-state index contributed by atoms with van der Waals surface area (Å²) in [4.78, 5) is 0. The number of hydrogen-bond acceptors (Lipinski definition) is 2. The van der Waals surface area contributed by atoms with Crippen LogP contribution in [0, 0.1) is 11.6 Å². The van der Waals surface area contributed by atoms with Crippen molar-refractivity contribution >= 4 is 27.5 Å². The van der Waals surface area contributed by atoms with Crippen molar-refractivity contribution in [1.82, 2.24) is 9.78 Å². The van der Waals surface area contributed by atoms with E-state index < -0.39 is 17.7 Å². The van der Waals surface area contributed by atoms with Gasteiger partial charge < -0.3 is 5.73 Å². The lowest BCUT2D eigenvalue weighted by molar-refractivity contribution is 0.552. The number of benzene rings is 1. The topological polar surface area (TPSA) is 43.8 Å². The predicted molar refractivity (Wildman–Crippen MR) is 82.3 cm³/mol. The average Bonchev–Trinajstić information content (AvgIpc) is 2.70. The van der Waals surface area contributed by atoms with Crippen LogP contribution in [0.5, 0.6) is 0 Å². The highest BCUT2D eigenvalue weighted by Gasteiger charge is 2.20. The molecule has 1 heterocycles. The fourth-order valence-corrected chi connectivity index (χ4v) is 3.11. The standard InChI is InChI=1S/C14H15BrClF2N3/c1-3-12-14(15)13(21(2)20-12)6-11(19)7-4-10(18)8(16)5-9(7)17/h4-5,11H,3,6,19H2,1-2H3. The predicted octanol–water partition coefficient (Wildman–Crippen LogP) is 3.92. The summed E-state index contributed by atoms with van der Waals surface area (Å²) >= 11 is 9.03. The molecule has 0 aliphatic rings. The zero-order chi connectivity index (χ0) is 15.7. The molecule has 21 heavy (non-hydrogen) atoms. The summed E-state index contributed by atoms with van der Waals surface area (Å²) in [6.07, 6.45) is 1.11. The molecule has 0 amide bonds. The maximum atomic E-state index is 13.9. The van der Waals surface area contributed by atoms with Gasteiger partial charge in [-0.05, 0) is 34.5 Å². The van der Waals surface area contributed by atoms with E-state index >= 15 is 0 Å². The summed E-state index contributed by atoms with van der Waals surface area (Å²) < 4.78 is 29.9. The van der Waals surface area contributed by atoms with Gasteiger partial charge in [0.25, 0.3) is 0 Å². The molecule has 3 nitrogen and oxygen atoms in total. The SMILES string of the molecule is CCc1nn(C)c(CC(N)c2cc(F)c(Cl)cc2F)c1Br. The average molecular weight is 379 g/mol. The van der Waals surface area contributed by atoms with Gasteiger partial charge in [-0.1, -0.05) is 18.5 Å². The molecule has 0 aliphatic carbocycles. The molecule has 2 rings (SSSR count). The number of rotatable bonds is 4. The Labute approximate surface area is 135 Å². The lowest BCUT2D eigenvalue weighted by Crippen LogP contribution is -2.17. The lowest BCUT2D eigenvalue weighted by Gasteiger charge is -2.14. The van der Waals surface area contributed by atoms with Gasteiger partial charge in [-0.2, -0.15) is 5.10 Å². The second-order valence-corrected chi connectivity index (χ2v) is 5.98. The summed E-state index contributed by atoms with van der Waals surface area (Å²) in [5.41, 5.74) is 7.87. The molecule has 0 saturated carbocycles. The molecule has 7 heteroatoms. The number of nitrogens with two attached hydrogens (primary N) is 1. The largest absolute Gasteiger partial charge is 0.324 e. The van der Waals surface area contributed by atoms with Gasteiger partial charge in [0, 0.05) is 25.1 Å². The second-order valence-electron chi connectivity index (χ2n) is 4.78. The first-order valence-corrected chi connectivity index (χ1v) is 7.62. The van der Waals surface area contributed by atoms with Gasteiger partial charge in [0.05, 0.1) is 20.9 Å². The fraction of sp³-hybridized carbons (Fsp3) is 0.357. The Morgan fingerprint density at radius 1 is 1.38 bits per heavy atom. The van der Waals surface area contributed by atoms with Crippen LogP contribution in [-0.4, -0.2) is 9.78 Å². The molecule has 1 atom stereocenters. The first-order valence-electron chi connectivity index (χ1n) is 6.45. The van der Waals surface area contributed by atoms with Crippen LogP contribution >= 0.6 is 27.5 Å². The molecule has 0 saturated heterocycles. The Bertz CT molecular complexity index is 673. The van der Waals surface area contributed by atoms with E-state index in [0.29, 0.717) is 6.42 Å². The first kappa shape index (κ1) is 16.4. The van der Waals surface area contributed by atoms with Crippen LogP contribution in [0.3, 0.4) is 0 Å². The summed E-state index contributed by atoms with van der Waals surface area (Å²) in [7, 11) is 1.80. The molecule has 0 aliphatic heterocycles. The summed E-state index contributed by atoms with van der Waals surface area (Å²) in [6.45, 7) is 1.99. The summed E-state index contributed by atoms with van der Waals surface area (Å²) in [6, 6.07) is 1.31. The molecule has 0 radical (unpaired) electrons. The van der Waals surface area contributed by atoms with Crippen LogP contribution in [0.4, 0.5) is 8.78 Å².